The van der Waals surface area contributed by atoms with Gasteiger partial charge in [0.1, 0.15) is 0 Å². The number of benzene rings is 2. The Hall–Kier alpha value is -1.72. The highest BCUT2D eigenvalue weighted by molar-refractivity contribution is 6.99. The van der Waals surface area contributed by atoms with Gasteiger partial charge in [-0.1, -0.05) is 121 Å². The van der Waals surface area contributed by atoms with Gasteiger partial charge in [-0.3, -0.25) is 0 Å². The standard InChI is InChI=1S/C37H52O3Si/c1-27-28(26-40-41(34(2,3)4,29-14-10-8-11-15-29)30-16-12-9-13-17-30)18-20-32-31(27)19-21-33-35(5,6)37(38-24-25-39-37)23-22-36(32,33)7/h8-18,20,27-28,31-33H,19,21-26H2,1-7H3/t27-,28?,31-,32-,33-,36+/m0/s1. The van der Waals surface area contributed by atoms with Crippen LogP contribution in [0.2, 0.25) is 5.04 Å². The zero-order valence-electron chi connectivity index (χ0n) is 26.5. The molecule has 3 fully saturated rings. The van der Waals surface area contributed by atoms with Gasteiger partial charge in [0.15, 0.2) is 5.79 Å². The van der Waals surface area contributed by atoms with Crippen LogP contribution in [0.4, 0.5) is 0 Å². The van der Waals surface area contributed by atoms with Crippen LogP contribution in [0.25, 0.3) is 0 Å². The van der Waals surface area contributed by atoms with Gasteiger partial charge >= 0.3 is 0 Å². The largest absolute Gasteiger partial charge is 0.407 e. The molecule has 0 bridgehead atoms. The van der Waals surface area contributed by atoms with Gasteiger partial charge in [-0.25, -0.2) is 0 Å². The van der Waals surface area contributed by atoms with Crippen LogP contribution in [-0.2, 0) is 13.9 Å². The molecular weight excluding hydrogens is 520 g/mol. The molecule has 1 aliphatic heterocycles. The Morgan fingerprint density at radius 1 is 0.829 bits per heavy atom. The van der Waals surface area contributed by atoms with Crippen LogP contribution in [0.5, 0.6) is 0 Å². The van der Waals surface area contributed by atoms with Crippen LogP contribution in [0.3, 0.4) is 0 Å². The summed E-state index contributed by atoms with van der Waals surface area (Å²) in [7, 11) is -2.55. The molecule has 0 amide bonds. The zero-order valence-corrected chi connectivity index (χ0v) is 27.5. The smallest absolute Gasteiger partial charge is 0.261 e. The average Bonchev–Trinajstić information content (AvgIpc) is 3.44. The highest BCUT2D eigenvalue weighted by atomic mass is 28.4. The summed E-state index contributed by atoms with van der Waals surface area (Å²) < 4.78 is 20.2. The molecule has 4 heteroatoms. The first-order valence-electron chi connectivity index (χ1n) is 16.2. The highest BCUT2D eigenvalue weighted by Gasteiger charge is 2.65. The second-order valence-electron chi connectivity index (χ2n) is 15.4. The molecule has 2 aromatic rings. The van der Waals surface area contributed by atoms with E-state index in [9.17, 15) is 0 Å². The van der Waals surface area contributed by atoms with Crippen LogP contribution in [0, 0.1) is 40.4 Å². The number of hydrogen-bond donors (Lipinski definition) is 0. The van der Waals surface area contributed by atoms with Crippen molar-refractivity contribution in [3.8, 4) is 0 Å². The summed E-state index contributed by atoms with van der Waals surface area (Å²) in [6.07, 6.45) is 9.92. The van der Waals surface area contributed by atoms with Crippen LogP contribution in [0.15, 0.2) is 72.8 Å². The molecule has 0 radical (unpaired) electrons. The van der Waals surface area contributed by atoms with E-state index in [1.54, 1.807) is 0 Å². The fraction of sp³-hybridized carbons (Fsp3) is 0.622. The van der Waals surface area contributed by atoms with E-state index < -0.39 is 8.32 Å². The van der Waals surface area contributed by atoms with Crippen molar-refractivity contribution in [1.82, 2.24) is 0 Å². The van der Waals surface area contributed by atoms with Crippen LogP contribution in [-0.4, -0.2) is 33.9 Å². The third kappa shape index (κ3) is 4.46. The number of allylic oxidation sites excluding steroid dienone is 1. The van der Waals surface area contributed by atoms with E-state index >= 15 is 0 Å². The van der Waals surface area contributed by atoms with Gasteiger partial charge in [0.05, 0.1) is 13.2 Å². The topological polar surface area (TPSA) is 27.7 Å². The van der Waals surface area contributed by atoms with E-state index in [-0.39, 0.29) is 21.7 Å². The Labute approximate surface area is 250 Å². The second kappa shape index (κ2) is 10.5. The molecule has 0 aromatic heterocycles. The summed E-state index contributed by atoms with van der Waals surface area (Å²) in [6.45, 7) is 19.4. The maximum Gasteiger partial charge on any atom is 0.261 e. The molecule has 1 saturated heterocycles. The van der Waals surface area contributed by atoms with E-state index in [1.165, 1.54) is 29.6 Å². The summed E-state index contributed by atoms with van der Waals surface area (Å²) in [4.78, 5) is 0. The summed E-state index contributed by atoms with van der Waals surface area (Å²) >= 11 is 0. The van der Waals surface area contributed by atoms with E-state index in [4.69, 9.17) is 13.9 Å². The Morgan fingerprint density at radius 2 is 1.41 bits per heavy atom. The maximum absolute atomic E-state index is 7.44. The highest BCUT2D eigenvalue weighted by Crippen LogP contribution is 2.67. The molecule has 1 unspecified atom stereocenters. The third-order valence-corrected chi connectivity index (χ3v) is 17.2. The van der Waals surface area contributed by atoms with Crippen molar-refractivity contribution in [2.45, 2.75) is 85.0 Å². The predicted molar refractivity (Wildman–Crippen MR) is 171 cm³/mol. The molecule has 3 aliphatic carbocycles. The summed E-state index contributed by atoms with van der Waals surface area (Å²) in [5, 5.41) is 2.73. The van der Waals surface area contributed by atoms with Gasteiger partial charge in [0, 0.05) is 24.4 Å². The summed E-state index contributed by atoms with van der Waals surface area (Å²) in [5.41, 5.74) is 0.295. The second-order valence-corrected chi connectivity index (χ2v) is 19.7. The Bertz CT molecular complexity index is 1190. The van der Waals surface area contributed by atoms with Gasteiger partial charge < -0.3 is 13.9 Å². The van der Waals surface area contributed by atoms with Gasteiger partial charge in [-0.2, -0.15) is 0 Å². The van der Waals surface area contributed by atoms with Gasteiger partial charge in [0.2, 0.25) is 0 Å². The first kappa shape index (κ1) is 29.4. The first-order valence-corrected chi connectivity index (χ1v) is 18.1. The van der Waals surface area contributed by atoms with Crippen molar-refractivity contribution < 1.29 is 13.9 Å². The van der Waals surface area contributed by atoms with Crippen molar-refractivity contribution in [2.24, 2.45) is 40.4 Å². The Balaban J connectivity index is 1.29. The number of ether oxygens (including phenoxy) is 2. The molecule has 222 valence electrons. The minimum absolute atomic E-state index is 0.000579. The van der Waals surface area contributed by atoms with Crippen LogP contribution >= 0.6 is 0 Å². The molecule has 41 heavy (non-hydrogen) atoms. The third-order valence-electron chi connectivity index (χ3n) is 12.2. The molecule has 1 spiro atoms. The lowest BCUT2D eigenvalue weighted by molar-refractivity contribution is -0.296. The first-order chi connectivity index (χ1) is 19.5. The lowest BCUT2D eigenvalue weighted by Gasteiger charge is -2.64. The average molecular weight is 573 g/mol. The quantitative estimate of drug-likeness (QED) is 0.273. The van der Waals surface area contributed by atoms with E-state index in [0.717, 1.165) is 26.2 Å². The van der Waals surface area contributed by atoms with Crippen molar-refractivity contribution in [3.63, 3.8) is 0 Å². The lowest BCUT2D eigenvalue weighted by Crippen LogP contribution is -2.67. The monoisotopic (exact) mass is 572 g/mol. The predicted octanol–water partition coefficient (Wildman–Crippen LogP) is 7.60. The molecular formula is C37H52O3Si. The molecule has 3 nitrogen and oxygen atoms in total. The van der Waals surface area contributed by atoms with Crippen molar-refractivity contribution >= 4 is 18.7 Å². The van der Waals surface area contributed by atoms with Crippen molar-refractivity contribution in [3.05, 3.63) is 72.8 Å². The van der Waals surface area contributed by atoms with Crippen LogP contribution < -0.4 is 10.4 Å². The number of fused-ring (bicyclic) bond motifs is 3. The van der Waals surface area contributed by atoms with E-state index in [1.807, 2.05) is 0 Å². The van der Waals surface area contributed by atoms with E-state index in [0.29, 0.717) is 29.6 Å². The molecule has 0 N–H and O–H groups in total. The Kier molecular flexibility index (Phi) is 7.50. The zero-order chi connectivity index (χ0) is 29.1. The molecule has 6 atom stereocenters. The van der Waals surface area contributed by atoms with Gasteiger partial charge in [-0.15, -0.1) is 0 Å². The molecule has 2 aromatic carbocycles. The molecule has 6 rings (SSSR count). The molecule has 2 saturated carbocycles. The van der Waals surface area contributed by atoms with Crippen LogP contribution in [0.1, 0.15) is 74.1 Å². The summed E-state index contributed by atoms with van der Waals surface area (Å²) in [5.74, 6) is 2.55. The fourth-order valence-electron chi connectivity index (χ4n) is 10.0. The summed E-state index contributed by atoms with van der Waals surface area (Å²) in [6, 6.07) is 22.2. The number of rotatable bonds is 5. The SMILES string of the molecule is C[C@H]1C(CO[Si](c2ccccc2)(c2ccccc2)C(C)(C)C)C=C[C@H]2[C@H]1CC[C@H]1C(C)(C)C3(CC[C@]21C)OCCO3. The van der Waals surface area contributed by atoms with Crippen molar-refractivity contribution in [1.29, 1.82) is 0 Å². The fourth-order valence-corrected chi connectivity index (χ4v) is 14.6. The minimum Gasteiger partial charge on any atom is -0.407 e. The Morgan fingerprint density at radius 3 is 1.98 bits per heavy atom. The van der Waals surface area contributed by atoms with Gasteiger partial charge in [-0.05, 0) is 63.8 Å². The number of hydrogen-bond acceptors (Lipinski definition) is 3. The van der Waals surface area contributed by atoms with Gasteiger partial charge in [0.25, 0.3) is 8.32 Å². The molecule has 1 heterocycles. The minimum atomic E-state index is -2.55. The molecule has 4 aliphatic rings. The van der Waals surface area contributed by atoms with Crippen molar-refractivity contribution in [2.75, 3.05) is 19.8 Å². The van der Waals surface area contributed by atoms with E-state index in [2.05, 4.69) is 121 Å². The lowest BCUT2D eigenvalue weighted by atomic mass is 9.43. The normalized spacial score (nSPS) is 34.3. The maximum atomic E-state index is 7.44.